The summed E-state index contributed by atoms with van der Waals surface area (Å²) in [5, 5.41) is 4.56. The van der Waals surface area contributed by atoms with E-state index >= 15 is 0 Å². The van der Waals surface area contributed by atoms with Crippen molar-refractivity contribution in [2.45, 2.75) is 78.7 Å². The van der Waals surface area contributed by atoms with Crippen LogP contribution in [0.25, 0.3) is 0 Å². The molecular formula is C26H36N2O4. The molecule has 174 valence electrons. The first-order valence-corrected chi connectivity index (χ1v) is 12.0. The third kappa shape index (κ3) is 3.56. The highest BCUT2D eigenvalue weighted by Gasteiger charge is 2.58. The third-order valence-electron chi connectivity index (χ3n) is 9.23. The average Bonchev–Trinajstić information content (AvgIpc) is 3.17. The van der Waals surface area contributed by atoms with Crippen molar-refractivity contribution >= 4 is 23.5 Å². The molecule has 5 rings (SSSR count). The van der Waals surface area contributed by atoms with Crippen LogP contribution in [0, 0.1) is 34.5 Å². The predicted octanol–water partition coefficient (Wildman–Crippen LogP) is 4.10. The first-order valence-electron chi connectivity index (χ1n) is 12.0. The Kier molecular flexibility index (Phi) is 5.50. The molecule has 0 aromatic carbocycles. The minimum atomic E-state index is -0.725. The molecule has 5 aliphatic rings. The van der Waals surface area contributed by atoms with Gasteiger partial charge in [-0.2, -0.15) is 0 Å². The molecule has 32 heavy (non-hydrogen) atoms. The molecule has 2 saturated carbocycles. The van der Waals surface area contributed by atoms with Crippen molar-refractivity contribution < 1.29 is 19.2 Å². The van der Waals surface area contributed by atoms with Crippen molar-refractivity contribution in [3.8, 4) is 0 Å². The van der Waals surface area contributed by atoms with Crippen LogP contribution < -0.4 is 10.6 Å². The Morgan fingerprint density at radius 2 is 1.72 bits per heavy atom. The van der Waals surface area contributed by atoms with Gasteiger partial charge in [0.15, 0.2) is 5.78 Å². The van der Waals surface area contributed by atoms with Gasteiger partial charge < -0.3 is 5.32 Å². The second kappa shape index (κ2) is 7.67. The van der Waals surface area contributed by atoms with Gasteiger partial charge in [-0.3, -0.25) is 19.7 Å². The molecule has 6 nitrogen and oxygen atoms in total. The summed E-state index contributed by atoms with van der Waals surface area (Å²) >= 11 is 0. The summed E-state index contributed by atoms with van der Waals surface area (Å²) in [7, 11) is 0. The lowest BCUT2D eigenvalue weighted by Gasteiger charge is -2.55. The van der Waals surface area contributed by atoms with E-state index in [1.165, 1.54) is 24.8 Å². The van der Waals surface area contributed by atoms with Crippen molar-refractivity contribution in [1.29, 1.82) is 0 Å². The molecule has 3 fully saturated rings. The molecule has 1 saturated heterocycles. The van der Waals surface area contributed by atoms with Gasteiger partial charge >= 0.3 is 6.03 Å². The van der Waals surface area contributed by atoms with E-state index in [9.17, 15) is 19.2 Å². The van der Waals surface area contributed by atoms with Crippen molar-refractivity contribution in [3.63, 3.8) is 0 Å². The van der Waals surface area contributed by atoms with Gasteiger partial charge in [-0.25, -0.2) is 4.79 Å². The topological polar surface area (TPSA) is 92.3 Å². The molecule has 0 spiro atoms. The van der Waals surface area contributed by atoms with Crippen LogP contribution in [-0.4, -0.2) is 29.0 Å². The van der Waals surface area contributed by atoms with Crippen molar-refractivity contribution in [1.82, 2.24) is 10.6 Å². The van der Waals surface area contributed by atoms with Crippen LogP contribution in [0.3, 0.4) is 0 Å². The van der Waals surface area contributed by atoms with E-state index in [1.807, 2.05) is 6.08 Å². The maximum absolute atomic E-state index is 12.1. The molecule has 0 aromatic heterocycles. The quantitative estimate of drug-likeness (QED) is 0.601. The number of nitrogens with one attached hydrogen (secondary N) is 2. The number of amides is 3. The molecule has 0 aromatic rings. The van der Waals surface area contributed by atoms with Crippen LogP contribution in [0.2, 0.25) is 0 Å². The number of hydrogen-bond donors (Lipinski definition) is 2. The number of hydrogen-bond acceptors (Lipinski definition) is 4. The Morgan fingerprint density at radius 3 is 2.28 bits per heavy atom. The summed E-state index contributed by atoms with van der Waals surface area (Å²) in [6.45, 7) is 9.84. The number of carbonyl (C=O) groups excluding carboxylic acids is 4. The van der Waals surface area contributed by atoms with Crippen LogP contribution in [-0.2, 0) is 14.4 Å². The van der Waals surface area contributed by atoms with E-state index in [2.05, 4.69) is 36.6 Å². The zero-order valence-corrected chi connectivity index (χ0v) is 19.9. The number of fused-ring (bicyclic) bond motifs is 5. The van der Waals surface area contributed by atoms with Crippen LogP contribution in [0.5, 0.6) is 0 Å². The molecule has 0 unspecified atom stereocenters. The van der Waals surface area contributed by atoms with Crippen LogP contribution >= 0.6 is 0 Å². The number of allylic oxidation sites excluding steroid dienone is 4. The number of urea groups is 1. The van der Waals surface area contributed by atoms with Gasteiger partial charge in [-0.1, -0.05) is 26.0 Å². The van der Waals surface area contributed by atoms with E-state index in [-0.39, 0.29) is 22.7 Å². The van der Waals surface area contributed by atoms with Gasteiger partial charge in [0.2, 0.25) is 0 Å². The van der Waals surface area contributed by atoms with Crippen molar-refractivity contribution in [3.05, 3.63) is 23.8 Å². The number of rotatable bonds is 1. The van der Waals surface area contributed by atoms with Crippen molar-refractivity contribution in [2.24, 2.45) is 34.5 Å². The van der Waals surface area contributed by atoms with Gasteiger partial charge in [0, 0.05) is 12.3 Å². The van der Waals surface area contributed by atoms with E-state index in [0.717, 1.165) is 12.8 Å². The molecule has 2 N–H and O–H groups in total. The highest BCUT2D eigenvalue weighted by molar-refractivity contribution is 6.06. The fraction of sp³-hybridized carbons (Fsp3) is 0.692. The highest BCUT2D eigenvalue weighted by atomic mass is 16.2. The lowest BCUT2D eigenvalue weighted by molar-refractivity contribution is -0.127. The van der Waals surface area contributed by atoms with Crippen LogP contribution in [0.1, 0.15) is 73.1 Å². The lowest BCUT2D eigenvalue weighted by atomic mass is 9.48. The molecule has 6 heteroatoms. The minimum absolute atomic E-state index is 0.170. The Labute approximate surface area is 190 Å². The maximum Gasteiger partial charge on any atom is 0.322 e. The number of carbonyl (C=O) groups is 4. The highest BCUT2D eigenvalue weighted by Crippen LogP contribution is 2.65. The van der Waals surface area contributed by atoms with Gasteiger partial charge in [0.25, 0.3) is 5.91 Å². The Balaban J connectivity index is 0.000000230. The summed E-state index contributed by atoms with van der Waals surface area (Å²) in [6.07, 6.45) is 12.9. The Hall–Kier alpha value is -2.24. The summed E-state index contributed by atoms with van der Waals surface area (Å²) in [6, 6.07) is -0.412. The predicted molar refractivity (Wildman–Crippen MR) is 122 cm³/mol. The van der Waals surface area contributed by atoms with Crippen LogP contribution in [0.15, 0.2) is 23.8 Å². The maximum atomic E-state index is 12.1. The fourth-order valence-electron chi connectivity index (χ4n) is 7.30. The molecular weight excluding hydrogens is 404 g/mol. The standard InChI is InChI=1S/C21H28O2.C5H8N2O2/c1-13(22)17-6-7-18-16-5-4-14-12-15(23)8-10-20(14,2)19(16)9-11-21(17,18)3;1-5(2)3(8)6-4(9)7-5/h4-5,12,16-19H,6-11H2,1-3H3;1-2H3,(H2,6,7,8,9)/t16-,17+,18-,19+,20+,21+;/m0./s1. The SMILES string of the molecule is CC(=O)[C@H]1CC[C@H]2[C@@H]3C=CC4=CC(=O)CC[C@@]4(C)[C@@H]3CC[C@]12C.CC1(C)NC(=O)NC1=O. The van der Waals surface area contributed by atoms with E-state index in [4.69, 9.17) is 0 Å². The summed E-state index contributed by atoms with van der Waals surface area (Å²) < 4.78 is 0. The number of imide groups is 1. The largest absolute Gasteiger partial charge is 0.324 e. The molecule has 1 heterocycles. The normalized spacial score (nSPS) is 41.3. The molecule has 6 atom stereocenters. The smallest absolute Gasteiger partial charge is 0.322 e. The van der Waals surface area contributed by atoms with Gasteiger partial charge in [0.1, 0.15) is 11.3 Å². The molecule has 4 aliphatic carbocycles. The molecule has 0 radical (unpaired) electrons. The Bertz CT molecular complexity index is 932. The summed E-state index contributed by atoms with van der Waals surface area (Å²) in [4.78, 5) is 45.1. The van der Waals surface area contributed by atoms with E-state index < -0.39 is 11.6 Å². The van der Waals surface area contributed by atoms with Gasteiger partial charge in [0.05, 0.1) is 0 Å². The first kappa shape index (κ1) is 22.9. The summed E-state index contributed by atoms with van der Waals surface area (Å²) in [5.74, 6) is 2.56. The Morgan fingerprint density at radius 1 is 1.00 bits per heavy atom. The third-order valence-corrected chi connectivity index (χ3v) is 9.23. The second-order valence-electron chi connectivity index (χ2n) is 11.5. The van der Waals surface area contributed by atoms with E-state index in [0.29, 0.717) is 35.7 Å². The van der Waals surface area contributed by atoms with E-state index in [1.54, 1.807) is 20.8 Å². The van der Waals surface area contributed by atoms with Crippen LogP contribution in [0.4, 0.5) is 4.79 Å². The molecule has 1 aliphatic heterocycles. The fourth-order valence-corrected chi connectivity index (χ4v) is 7.30. The lowest BCUT2D eigenvalue weighted by Crippen LogP contribution is -2.49. The zero-order valence-electron chi connectivity index (χ0n) is 19.9. The average molecular weight is 441 g/mol. The monoisotopic (exact) mass is 440 g/mol. The minimum Gasteiger partial charge on any atom is -0.324 e. The second-order valence-corrected chi connectivity index (χ2v) is 11.5. The molecule has 0 bridgehead atoms. The van der Waals surface area contributed by atoms with Gasteiger partial charge in [-0.05, 0) is 93.1 Å². The number of Topliss-reactive ketones (excluding diaryl/α,β-unsaturated/α-hetero) is 1. The van der Waals surface area contributed by atoms with Crippen molar-refractivity contribution in [2.75, 3.05) is 0 Å². The number of ketones is 2. The summed E-state index contributed by atoms with van der Waals surface area (Å²) in [5.41, 5.74) is 0.902. The first-order chi connectivity index (χ1) is 14.9. The molecule has 3 amide bonds. The van der Waals surface area contributed by atoms with Gasteiger partial charge in [-0.15, -0.1) is 0 Å². The zero-order chi connectivity index (χ0) is 23.5.